The normalized spacial score (nSPS) is 10.5. The minimum Gasteiger partial charge on any atom is -0.495 e. The lowest BCUT2D eigenvalue weighted by atomic mass is 10.1. The third-order valence-electron chi connectivity index (χ3n) is 6.14. The number of aryl methyl sites for hydroxylation is 1. The Kier molecular flexibility index (Phi) is 8.63. The van der Waals surface area contributed by atoms with Gasteiger partial charge in [-0.05, 0) is 59.5 Å². The Morgan fingerprint density at radius 1 is 0.821 bits per heavy atom. The molecule has 0 aliphatic heterocycles. The molecule has 0 aliphatic rings. The van der Waals surface area contributed by atoms with Gasteiger partial charge in [0.25, 0.3) is 5.56 Å². The summed E-state index contributed by atoms with van der Waals surface area (Å²) in [5.41, 5.74) is 3.76. The molecular weight excluding hydrogens is 498 g/mol. The van der Waals surface area contributed by atoms with Crippen molar-refractivity contribution in [3.63, 3.8) is 0 Å². The predicted molar refractivity (Wildman–Crippen MR) is 150 cm³/mol. The van der Waals surface area contributed by atoms with Gasteiger partial charge < -0.3 is 29.8 Å². The molecule has 4 aromatic rings. The second-order valence-corrected chi connectivity index (χ2v) is 8.76. The van der Waals surface area contributed by atoms with E-state index in [1.807, 2.05) is 30.3 Å². The number of benzene rings is 3. The van der Waals surface area contributed by atoms with Crippen molar-refractivity contribution in [2.75, 3.05) is 24.9 Å². The lowest BCUT2D eigenvalue weighted by Crippen LogP contribution is -2.21. The summed E-state index contributed by atoms with van der Waals surface area (Å²) in [7, 11) is 3.02. The van der Waals surface area contributed by atoms with Crippen LogP contribution in [-0.2, 0) is 17.8 Å². The molecule has 0 aliphatic carbocycles. The number of nitrogens with one attached hydrogen (secondary N) is 2. The van der Waals surface area contributed by atoms with E-state index in [-0.39, 0.29) is 12.0 Å². The van der Waals surface area contributed by atoms with Crippen LogP contribution in [0.2, 0.25) is 0 Å². The number of anilines is 2. The summed E-state index contributed by atoms with van der Waals surface area (Å²) >= 11 is 0. The average molecular weight is 528 g/mol. The quantitative estimate of drug-likeness (QED) is 0.259. The summed E-state index contributed by atoms with van der Waals surface area (Å²) < 4.78 is 12.4. The topological polar surface area (TPSA) is 119 Å². The largest absolute Gasteiger partial charge is 0.495 e. The number of rotatable bonds is 10. The molecule has 0 radical (unpaired) electrons. The molecule has 2 amide bonds. The molecule has 0 spiro atoms. The minimum atomic E-state index is -0.834. The number of methoxy groups -OCH3 is 2. The van der Waals surface area contributed by atoms with Crippen molar-refractivity contribution < 1.29 is 24.2 Å². The molecule has 1 aromatic heterocycles. The zero-order chi connectivity index (χ0) is 27.8. The molecule has 0 bridgehead atoms. The Bertz CT molecular complexity index is 1530. The number of pyridine rings is 1. The van der Waals surface area contributed by atoms with Gasteiger partial charge in [-0.25, -0.2) is 4.79 Å². The summed E-state index contributed by atoms with van der Waals surface area (Å²) in [5, 5.41) is 14.4. The van der Waals surface area contributed by atoms with Gasteiger partial charge in [0.05, 0.1) is 32.1 Å². The van der Waals surface area contributed by atoms with Gasteiger partial charge in [-0.2, -0.15) is 0 Å². The summed E-state index contributed by atoms with van der Waals surface area (Å²) in [4.78, 5) is 36.7. The van der Waals surface area contributed by atoms with E-state index < -0.39 is 12.0 Å². The van der Waals surface area contributed by atoms with Gasteiger partial charge >= 0.3 is 12.0 Å². The number of carboxylic acid groups (broad SMARTS) is 1. The number of carbonyl (C=O) groups excluding carboxylic acids is 1. The highest BCUT2D eigenvalue weighted by Crippen LogP contribution is 2.30. The Morgan fingerprint density at radius 2 is 1.49 bits per heavy atom. The van der Waals surface area contributed by atoms with Crippen molar-refractivity contribution in [3.05, 3.63) is 107 Å². The molecule has 4 rings (SSSR count). The van der Waals surface area contributed by atoms with Crippen molar-refractivity contribution in [1.29, 1.82) is 0 Å². The molecule has 39 heavy (non-hydrogen) atoms. The number of hydrogen-bond acceptors (Lipinski definition) is 5. The van der Waals surface area contributed by atoms with Gasteiger partial charge in [0.15, 0.2) is 0 Å². The zero-order valence-electron chi connectivity index (χ0n) is 21.6. The molecular formula is C30H29N3O6. The van der Waals surface area contributed by atoms with Crippen molar-refractivity contribution in [3.8, 4) is 22.6 Å². The first-order chi connectivity index (χ1) is 18.9. The Hall–Kier alpha value is -5.05. The first-order valence-electron chi connectivity index (χ1n) is 12.3. The summed E-state index contributed by atoms with van der Waals surface area (Å²) in [5.74, 6) is 0.0953. The number of aliphatic carboxylic acids is 1. The molecule has 0 saturated heterocycles. The SMILES string of the molecule is COc1ccccc1NC(=O)Nc1ccc(-c2cccn(Cc3ccc(CCC(=O)O)cc3)c2=O)cc1OC. The summed E-state index contributed by atoms with van der Waals surface area (Å²) in [6.45, 7) is 0.367. The second kappa shape index (κ2) is 12.5. The molecule has 3 aromatic carbocycles. The Balaban J connectivity index is 1.50. The van der Waals surface area contributed by atoms with E-state index in [2.05, 4.69) is 10.6 Å². The number of aromatic nitrogens is 1. The van der Waals surface area contributed by atoms with Crippen molar-refractivity contribution in [1.82, 2.24) is 4.57 Å². The number of ether oxygens (including phenoxy) is 2. The average Bonchev–Trinajstić information content (AvgIpc) is 2.94. The van der Waals surface area contributed by atoms with Crippen molar-refractivity contribution in [2.45, 2.75) is 19.4 Å². The van der Waals surface area contributed by atoms with Gasteiger partial charge in [0.2, 0.25) is 0 Å². The molecule has 0 unspecified atom stereocenters. The molecule has 0 saturated carbocycles. The molecule has 3 N–H and O–H groups in total. The van der Waals surface area contributed by atoms with E-state index in [0.717, 1.165) is 11.1 Å². The van der Waals surface area contributed by atoms with Gasteiger partial charge in [-0.3, -0.25) is 9.59 Å². The van der Waals surface area contributed by atoms with Crippen LogP contribution in [0.3, 0.4) is 0 Å². The number of hydrogen-bond donors (Lipinski definition) is 3. The fourth-order valence-corrected chi connectivity index (χ4v) is 4.13. The van der Waals surface area contributed by atoms with Crippen LogP contribution in [0.5, 0.6) is 11.5 Å². The first kappa shape index (κ1) is 27.0. The van der Waals surface area contributed by atoms with E-state index >= 15 is 0 Å². The van der Waals surface area contributed by atoms with Crippen LogP contribution in [0, 0.1) is 0 Å². The van der Waals surface area contributed by atoms with E-state index in [4.69, 9.17) is 14.6 Å². The maximum absolute atomic E-state index is 13.3. The van der Waals surface area contributed by atoms with Crippen molar-refractivity contribution >= 4 is 23.4 Å². The molecule has 0 atom stereocenters. The first-order valence-corrected chi connectivity index (χ1v) is 12.3. The standard InChI is InChI=1S/C30H29N3O6/c1-38-26-8-4-3-7-24(26)31-30(37)32-25-15-14-22(18-27(25)39-2)23-6-5-17-33(29(23)36)19-21-11-9-20(10-12-21)13-16-28(34)35/h3-12,14-15,17-18H,13,16,19H2,1-2H3,(H,34,35)(H2,31,32,37). The second-order valence-electron chi connectivity index (χ2n) is 8.76. The number of urea groups is 1. The zero-order valence-corrected chi connectivity index (χ0v) is 21.6. The van der Waals surface area contributed by atoms with Crippen LogP contribution in [-0.4, -0.2) is 35.9 Å². The van der Waals surface area contributed by atoms with Gasteiger partial charge in [-0.15, -0.1) is 0 Å². The number of nitrogens with zero attached hydrogens (tertiary/aromatic N) is 1. The summed E-state index contributed by atoms with van der Waals surface area (Å²) in [6.07, 6.45) is 2.25. The third-order valence-corrected chi connectivity index (χ3v) is 6.14. The fraction of sp³-hybridized carbons (Fsp3) is 0.167. The van der Waals surface area contributed by atoms with Crippen LogP contribution in [0.25, 0.3) is 11.1 Å². The Morgan fingerprint density at radius 3 is 2.18 bits per heavy atom. The highest BCUT2D eigenvalue weighted by molar-refractivity contribution is 6.01. The number of carbonyl (C=O) groups is 2. The van der Waals surface area contributed by atoms with Gasteiger partial charge in [0, 0.05) is 18.2 Å². The van der Waals surface area contributed by atoms with Crippen LogP contribution in [0.15, 0.2) is 89.9 Å². The molecule has 0 fully saturated rings. The minimum absolute atomic E-state index is 0.0745. The number of para-hydroxylation sites is 2. The molecule has 9 nitrogen and oxygen atoms in total. The molecule has 200 valence electrons. The highest BCUT2D eigenvalue weighted by Gasteiger charge is 2.13. The maximum Gasteiger partial charge on any atom is 0.323 e. The summed E-state index contributed by atoms with van der Waals surface area (Å²) in [6, 6.07) is 22.8. The smallest absolute Gasteiger partial charge is 0.323 e. The van der Waals surface area contributed by atoms with Crippen LogP contribution in [0.4, 0.5) is 16.2 Å². The predicted octanol–water partition coefficient (Wildman–Crippen LogP) is 5.24. The lowest BCUT2D eigenvalue weighted by molar-refractivity contribution is -0.136. The molecule has 9 heteroatoms. The van der Waals surface area contributed by atoms with Crippen LogP contribution in [0.1, 0.15) is 17.5 Å². The van der Waals surface area contributed by atoms with Gasteiger partial charge in [0.1, 0.15) is 11.5 Å². The lowest BCUT2D eigenvalue weighted by Gasteiger charge is -2.14. The van der Waals surface area contributed by atoms with Crippen LogP contribution < -0.4 is 25.7 Å². The molecule has 1 heterocycles. The highest BCUT2D eigenvalue weighted by atomic mass is 16.5. The van der Waals surface area contributed by atoms with E-state index in [9.17, 15) is 14.4 Å². The van der Waals surface area contributed by atoms with E-state index in [0.29, 0.717) is 47.0 Å². The Labute approximate surface area is 225 Å². The van der Waals surface area contributed by atoms with Crippen LogP contribution >= 0.6 is 0 Å². The fourth-order valence-electron chi connectivity index (χ4n) is 4.13. The van der Waals surface area contributed by atoms with E-state index in [1.165, 1.54) is 14.2 Å². The number of amides is 2. The van der Waals surface area contributed by atoms with E-state index in [1.54, 1.807) is 59.3 Å². The maximum atomic E-state index is 13.3. The van der Waals surface area contributed by atoms with Gasteiger partial charge in [-0.1, -0.05) is 42.5 Å². The van der Waals surface area contributed by atoms with Crippen molar-refractivity contribution in [2.24, 2.45) is 0 Å². The number of carboxylic acids is 1. The monoisotopic (exact) mass is 527 g/mol. The third kappa shape index (κ3) is 6.84.